The van der Waals surface area contributed by atoms with Crippen LogP contribution in [0, 0.1) is 16.7 Å². The third-order valence-electron chi connectivity index (χ3n) is 5.26. The van der Waals surface area contributed by atoms with E-state index in [4.69, 9.17) is 4.74 Å². The van der Waals surface area contributed by atoms with Gasteiger partial charge in [-0.05, 0) is 56.3 Å². The molecule has 1 saturated heterocycles. The first-order valence-corrected chi connectivity index (χ1v) is 7.68. The van der Waals surface area contributed by atoms with E-state index in [0.29, 0.717) is 11.3 Å². The maximum absolute atomic E-state index is 11.8. The SMILES string of the molecule is CC(C)(C)C1CCC(CC2CCCO2)(C(=O)O)CC1. The van der Waals surface area contributed by atoms with Crippen molar-refractivity contribution in [3.05, 3.63) is 0 Å². The first-order valence-electron chi connectivity index (χ1n) is 7.68. The monoisotopic (exact) mass is 268 g/mol. The lowest BCUT2D eigenvalue weighted by atomic mass is 9.62. The zero-order chi connectivity index (χ0) is 14.1. The fraction of sp³-hybridized carbons (Fsp3) is 0.938. The molecule has 3 nitrogen and oxygen atoms in total. The third-order valence-corrected chi connectivity index (χ3v) is 5.26. The fourth-order valence-corrected chi connectivity index (χ4v) is 3.78. The van der Waals surface area contributed by atoms with E-state index in [-0.39, 0.29) is 6.10 Å². The second kappa shape index (κ2) is 5.43. The summed E-state index contributed by atoms with van der Waals surface area (Å²) < 4.78 is 5.66. The van der Waals surface area contributed by atoms with E-state index in [9.17, 15) is 9.90 Å². The number of carbonyl (C=O) groups is 1. The van der Waals surface area contributed by atoms with Gasteiger partial charge in [-0.3, -0.25) is 4.79 Å². The Hall–Kier alpha value is -0.570. The molecule has 0 aromatic carbocycles. The number of hydrogen-bond acceptors (Lipinski definition) is 2. The fourth-order valence-electron chi connectivity index (χ4n) is 3.78. The normalized spacial score (nSPS) is 36.4. The van der Waals surface area contributed by atoms with Crippen LogP contribution in [0.5, 0.6) is 0 Å². The van der Waals surface area contributed by atoms with Gasteiger partial charge in [0, 0.05) is 6.61 Å². The number of carboxylic acids is 1. The molecule has 1 aliphatic heterocycles. The van der Waals surface area contributed by atoms with Crippen LogP contribution < -0.4 is 0 Å². The van der Waals surface area contributed by atoms with Crippen LogP contribution in [-0.4, -0.2) is 23.8 Å². The van der Waals surface area contributed by atoms with E-state index in [1.54, 1.807) is 0 Å². The lowest BCUT2D eigenvalue weighted by molar-refractivity contribution is -0.155. The summed E-state index contributed by atoms with van der Waals surface area (Å²) in [6.07, 6.45) is 6.77. The van der Waals surface area contributed by atoms with Crippen molar-refractivity contribution in [1.29, 1.82) is 0 Å². The molecule has 0 aromatic rings. The Morgan fingerprint density at radius 1 is 1.26 bits per heavy atom. The molecule has 2 fully saturated rings. The average Bonchev–Trinajstić information content (AvgIpc) is 2.81. The van der Waals surface area contributed by atoms with E-state index in [1.165, 1.54) is 0 Å². The van der Waals surface area contributed by atoms with Crippen molar-refractivity contribution in [2.75, 3.05) is 6.61 Å². The lowest BCUT2D eigenvalue weighted by Crippen LogP contribution is -2.40. The average molecular weight is 268 g/mol. The summed E-state index contributed by atoms with van der Waals surface area (Å²) in [7, 11) is 0. The van der Waals surface area contributed by atoms with E-state index in [2.05, 4.69) is 20.8 Å². The summed E-state index contributed by atoms with van der Waals surface area (Å²) in [6.45, 7) is 7.62. The minimum Gasteiger partial charge on any atom is -0.481 e. The van der Waals surface area contributed by atoms with Crippen LogP contribution in [0.3, 0.4) is 0 Å². The molecule has 0 aromatic heterocycles. The third kappa shape index (κ3) is 3.31. The van der Waals surface area contributed by atoms with Crippen LogP contribution in [0.2, 0.25) is 0 Å². The second-order valence-electron chi connectivity index (χ2n) is 7.56. The summed E-state index contributed by atoms with van der Waals surface area (Å²) in [5.74, 6) is 0.0554. The molecule has 1 unspecified atom stereocenters. The highest BCUT2D eigenvalue weighted by atomic mass is 16.5. The molecule has 2 aliphatic rings. The standard InChI is InChI=1S/C16H28O3/c1-15(2,3)12-6-8-16(9-7-12,14(17)18)11-13-5-4-10-19-13/h12-13H,4-11H2,1-3H3,(H,17,18). The smallest absolute Gasteiger partial charge is 0.309 e. The van der Waals surface area contributed by atoms with Crippen molar-refractivity contribution >= 4 is 5.97 Å². The van der Waals surface area contributed by atoms with Crippen LogP contribution in [0.1, 0.15) is 65.7 Å². The molecule has 3 heteroatoms. The minimum atomic E-state index is -0.602. The molecule has 19 heavy (non-hydrogen) atoms. The summed E-state index contributed by atoms with van der Waals surface area (Å²) >= 11 is 0. The van der Waals surface area contributed by atoms with Crippen molar-refractivity contribution in [2.45, 2.75) is 71.8 Å². The van der Waals surface area contributed by atoms with Crippen molar-refractivity contribution in [2.24, 2.45) is 16.7 Å². The van der Waals surface area contributed by atoms with Crippen molar-refractivity contribution in [3.63, 3.8) is 0 Å². The minimum absolute atomic E-state index is 0.183. The van der Waals surface area contributed by atoms with Gasteiger partial charge >= 0.3 is 5.97 Å². The predicted molar refractivity (Wildman–Crippen MR) is 75.1 cm³/mol. The van der Waals surface area contributed by atoms with Gasteiger partial charge in [-0.1, -0.05) is 20.8 Å². The van der Waals surface area contributed by atoms with Gasteiger partial charge in [0.25, 0.3) is 0 Å². The molecule has 110 valence electrons. The maximum Gasteiger partial charge on any atom is 0.309 e. The molecular weight excluding hydrogens is 240 g/mol. The lowest BCUT2D eigenvalue weighted by Gasteiger charge is -2.42. The number of carboxylic acid groups (broad SMARTS) is 1. The molecule has 1 aliphatic carbocycles. The molecule has 0 bridgehead atoms. The summed E-state index contributed by atoms with van der Waals surface area (Å²) in [6, 6.07) is 0. The molecule has 1 saturated carbocycles. The largest absolute Gasteiger partial charge is 0.481 e. The molecule has 1 N–H and O–H groups in total. The van der Waals surface area contributed by atoms with Gasteiger partial charge in [0.15, 0.2) is 0 Å². The zero-order valence-corrected chi connectivity index (χ0v) is 12.6. The van der Waals surface area contributed by atoms with E-state index in [1.807, 2.05) is 0 Å². The van der Waals surface area contributed by atoms with Crippen LogP contribution in [0.15, 0.2) is 0 Å². The summed E-state index contributed by atoms with van der Waals surface area (Å²) in [5, 5.41) is 9.68. The van der Waals surface area contributed by atoms with E-state index in [0.717, 1.165) is 51.6 Å². The predicted octanol–water partition coefficient (Wildman–Crippen LogP) is 3.86. The molecule has 0 spiro atoms. The Morgan fingerprint density at radius 2 is 1.89 bits per heavy atom. The maximum atomic E-state index is 11.8. The van der Waals surface area contributed by atoms with Crippen LogP contribution >= 0.6 is 0 Å². The zero-order valence-electron chi connectivity index (χ0n) is 12.6. The second-order valence-corrected chi connectivity index (χ2v) is 7.56. The molecule has 0 amide bonds. The van der Waals surface area contributed by atoms with Crippen molar-refractivity contribution in [3.8, 4) is 0 Å². The van der Waals surface area contributed by atoms with Crippen molar-refractivity contribution < 1.29 is 14.6 Å². The Morgan fingerprint density at radius 3 is 2.32 bits per heavy atom. The first kappa shape index (κ1) is 14.8. The van der Waals surface area contributed by atoms with Crippen LogP contribution in [0.4, 0.5) is 0 Å². The molecule has 1 heterocycles. The van der Waals surface area contributed by atoms with Gasteiger partial charge in [0.05, 0.1) is 11.5 Å². The van der Waals surface area contributed by atoms with Gasteiger partial charge in [-0.25, -0.2) is 0 Å². The highest BCUT2D eigenvalue weighted by molar-refractivity contribution is 5.74. The molecule has 2 rings (SSSR count). The Kier molecular flexibility index (Phi) is 4.24. The quantitative estimate of drug-likeness (QED) is 0.845. The number of rotatable bonds is 3. The van der Waals surface area contributed by atoms with Gasteiger partial charge in [-0.15, -0.1) is 0 Å². The molecule has 0 radical (unpaired) electrons. The van der Waals surface area contributed by atoms with E-state index >= 15 is 0 Å². The summed E-state index contributed by atoms with van der Waals surface area (Å²) in [5.41, 5.74) is -0.217. The van der Waals surface area contributed by atoms with Gasteiger partial charge in [-0.2, -0.15) is 0 Å². The number of hydrogen-bond donors (Lipinski definition) is 1. The molecule has 1 atom stereocenters. The van der Waals surface area contributed by atoms with Gasteiger partial charge in [0.1, 0.15) is 0 Å². The first-order chi connectivity index (χ1) is 8.83. The van der Waals surface area contributed by atoms with Crippen LogP contribution in [-0.2, 0) is 9.53 Å². The van der Waals surface area contributed by atoms with Gasteiger partial charge in [0.2, 0.25) is 0 Å². The Balaban J connectivity index is 2.00. The highest BCUT2D eigenvalue weighted by Gasteiger charge is 2.45. The van der Waals surface area contributed by atoms with Gasteiger partial charge < -0.3 is 9.84 Å². The number of aliphatic carboxylic acids is 1. The van der Waals surface area contributed by atoms with Crippen molar-refractivity contribution in [1.82, 2.24) is 0 Å². The van der Waals surface area contributed by atoms with E-state index < -0.39 is 11.4 Å². The molecular formula is C16H28O3. The topological polar surface area (TPSA) is 46.5 Å². The Bertz CT molecular complexity index is 315. The summed E-state index contributed by atoms with van der Waals surface area (Å²) in [4.78, 5) is 11.8. The number of ether oxygens (including phenoxy) is 1. The highest BCUT2D eigenvalue weighted by Crippen LogP contribution is 2.48. The Labute approximate surface area is 116 Å². The van der Waals surface area contributed by atoms with Crippen LogP contribution in [0.25, 0.3) is 0 Å².